The lowest BCUT2D eigenvalue weighted by molar-refractivity contribution is -0.126. The number of hydrogen-bond acceptors (Lipinski definition) is 3. The Labute approximate surface area is 110 Å². The fourth-order valence-corrected chi connectivity index (χ4v) is 2.90. The molecule has 0 aromatic rings. The highest BCUT2D eigenvalue weighted by Gasteiger charge is 2.26. The van der Waals surface area contributed by atoms with Gasteiger partial charge < -0.3 is 10.1 Å². The first-order valence-electron chi connectivity index (χ1n) is 7.30. The maximum atomic E-state index is 12.0. The van der Waals surface area contributed by atoms with Crippen LogP contribution < -0.4 is 5.32 Å². The maximum Gasteiger partial charge on any atom is 0.234 e. The number of amides is 1. The summed E-state index contributed by atoms with van der Waals surface area (Å²) in [5.74, 6) is 0.183. The molecule has 1 aliphatic heterocycles. The van der Waals surface area contributed by atoms with Crippen molar-refractivity contribution in [2.45, 2.75) is 64.1 Å². The van der Waals surface area contributed by atoms with Gasteiger partial charge in [0, 0.05) is 18.6 Å². The average Bonchev–Trinajstić information content (AvgIpc) is 2.35. The fraction of sp³-hybridized carbons (Fsp3) is 0.929. The van der Waals surface area contributed by atoms with Crippen molar-refractivity contribution >= 4 is 5.91 Å². The van der Waals surface area contributed by atoms with Crippen LogP contribution in [0.1, 0.15) is 46.0 Å². The van der Waals surface area contributed by atoms with Gasteiger partial charge in [0.15, 0.2) is 0 Å². The van der Waals surface area contributed by atoms with Gasteiger partial charge in [-0.2, -0.15) is 0 Å². The molecule has 1 heterocycles. The Hall–Kier alpha value is -0.610. The number of nitrogens with one attached hydrogen (secondary N) is 1. The van der Waals surface area contributed by atoms with Crippen LogP contribution in [0.3, 0.4) is 0 Å². The number of carbonyl (C=O) groups excluding carboxylic acids is 1. The van der Waals surface area contributed by atoms with Crippen molar-refractivity contribution in [2.24, 2.45) is 0 Å². The zero-order valence-electron chi connectivity index (χ0n) is 11.7. The number of morpholine rings is 1. The van der Waals surface area contributed by atoms with E-state index in [1.54, 1.807) is 0 Å². The number of rotatable bonds is 3. The van der Waals surface area contributed by atoms with E-state index in [2.05, 4.69) is 24.1 Å². The predicted octanol–water partition coefficient (Wildman–Crippen LogP) is 1.54. The largest absolute Gasteiger partial charge is 0.376 e. The van der Waals surface area contributed by atoms with Gasteiger partial charge >= 0.3 is 0 Å². The highest BCUT2D eigenvalue weighted by atomic mass is 16.5. The van der Waals surface area contributed by atoms with Gasteiger partial charge in [-0.05, 0) is 26.7 Å². The lowest BCUT2D eigenvalue weighted by atomic mass is 9.95. The summed E-state index contributed by atoms with van der Waals surface area (Å²) in [6, 6.07) is 0.762. The zero-order chi connectivity index (χ0) is 13.0. The summed E-state index contributed by atoms with van der Waals surface area (Å²) in [5.41, 5.74) is 0. The van der Waals surface area contributed by atoms with Crippen molar-refractivity contribution in [3.05, 3.63) is 0 Å². The molecule has 0 aromatic heterocycles. The molecule has 2 rings (SSSR count). The third-order valence-corrected chi connectivity index (χ3v) is 4.05. The lowest BCUT2D eigenvalue weighted by Gasteiger charge is -2.36. The van der Waals surface area contributed by atoms with Crippen LogP contribution in [0.4, 0.5) is 0 Å². The Morgan fingerprint density at radius 3 is 2.72 bits per heavy atom. The van der Waals surface area contributed by atoms with Crippen molar-refractivity contribution in [1.29, 1.82) is 0 Å². The van der Waals surface area contributed by atoms with Gasteiger partial charge in [-0.15, -0.1) is 0 Å². The number of ether oxygens (including phenoxy) is 1. The van der Waals surface area contributed by atoms with E-state index in [1.165, 1.54) is 19.3 Å². The number of carbonyl (C=O) groups is 1. The van der Waals surface area contributed by atoms with Crippen molar-refractivity contribution in [3.8, 4) is 0 Å². The van der Waals surface area contributed by atoms with Crippen LogP contribution in [-0.2, 0) is 9.53 Å². The molecule has 1 saturated heterocycles. The van der Waals surface area contributed by atoms with Crippen LogP contribution in [0.2, 0.25) is 0 Å². The molecule has 0 spiro atoms. The van der Waals surface area contributed by atoms with E-state index in [0.717, 1.165) is 26.0 Å². The van der Waals surface area contributed by atoms with Crippen molar-refractivity contribution in [2.75, 3.05) is 19.7 Å². The monoisotopic (exact) mass is 254 g/mol. The quantitative estimate of drug-likeness (QED) is 0.831. The van der Waals surface area contributed by atoms with E-state index in [-0.39, 0.29) is 12.0 Å². The molecule has 0 radical (unpaired) electrons. The summed E-state index contributed by atoms with van der Waals surface area (Å²) in [4.78, 5) is 14.3. The molecule has 1 amide bonds. The minimum Gasteiger partial charge on any atom is -0.376 e. The third-order valence-electron chi connectivity index (χ3n) is 4.05. The standard InChI is InChI=1S/C14H26N2O2/c1-11-10-18-12(2)8-16(11)9-14(17)15-13-6-4-3-5-7-13/h11-13H,3-10H2,1-2H3,(H,15,17). The molecule has 2 unspecified atom stereocenters. The first-order chi connectivity index (χ1) is 8.65. The smallest absolute Gasteiger partial charge is 0.234 e. The van der Waals surface area contributed by atoms with E-state index in [4.69, 9.17) is 4.74 Å². The Balaban J connectivity index is 1.75. The van der Waals surface area contributed by atoms with Gasteiger partial charge in [-0.1, -0.05) is 19.3 Å². The van der Waals surface area contributed by atoms with Crippen LogP contribution in [0.15, 0.2) is 0 Å². The van der Waals surface area contributed by atoms with Gasteiger partial charge in [0.05, 0.1) is 19.3 Å². The molecular formula is C14H26N2O2. The van der Waals surface area contributed by atoms with Gasteiger partial charge in [-0.3, -0.25) is 9.69 Å². The molecule has 4 heteroatoms. The third kappa shape index (κ3) is 3.95. The molecule has 4 nitrogen and oxygen atoms in total. The maximum absolute atomic E-state index is 12.0. The zero-order valence-corrected chi connectivity index (χ0v) is 11.7. The van der Waals surface area contributed by atoms with E-state index in [9.17, 15) is 4.79 Å². The van der Waals surface area contributed by atoms with E-state index in [1.807, 2.05) is 0 Å². The molecule has 2 aliphatic rings. The Morgan fingerprint density at radius 1 is 1.28 bits per heavy atom. The molecule has 18 heavy (non-hydrogen) atoms. The lowest BCUT2D eigenvalue weighted by Crippen LogP contribution is -2.52. The first kappa shape index (κ1) is 13.8. The van der Waals surface area contributed by atoms with Crippen LogP contribution in [0, 0.1) is 0 Å². The van der Waals surface area contributed by atoms with E-state index in [0.29, 0.717) is 18.6 Å². The summed E-state index contributed by atoms with van der Waals surface area (Å²) in [5, 5.41) is 3.18. The highest BCUT2D eigenvalue weighted by Crippen LogP contribution is 2.17. The molecule has 2 atom stereocenters. The molecule has 1 N–H and O–H groups in total. The minimum absolute atomic E-state index is 0.183. The van der Waals surface area contributed by atoms with Gasteiger partial charge in [0.2, 0.25) is 5.91 Å². The average molecular weight is 254 g/mol. The van der Waals surface area contributed by atoms with E-state index >= 15 is 0 Å². The summed E-state index contributed by atoms with van der Waals surface area (Å²) in [6.45, 7) is 6.31. The Bertz CT molecular complexity index is 277. The molecule has 104 valence electrons. The van der Waals surface area contributed by atoms with Crippen molar-refractivity contribution in [1.82, 2.24) is 10.2 Å². The molecule has 2 fully saturated rings. The molecular weight excluding hydrogens is 228 g/mol. The molecule has 1 aliphatic carbocycles. The van der Waals surface area contributed by atoms with E-state index < -0.39 is 0 Å². The molecule has 0 bridgehead atoms. The van der Waals surface area contributed by atoms with Crippen LogP contribution in [-0.4, -0.2) is 48.7 Å². The fourth-order valence-electron chi connectivity index (χ4n) is 2.90. The molecule has 1 saturated carbocycles. The van der Waals surface area contributed by atoms with Crippen LogP contribution >= 0.6 is 0 Å². The second-order valence-corrected chi connectivity index (χ2v) is 5.82. The summed E-state index contributed by atoms with van der Waals surface area (Å²) >= 11 is 0. The summed E-state index contributed by atoms with van der Waals surface area (Å²) in [7, 11) is 0. The minimum atomic E-state index is 0.183. The normalized spacial score (nSPS) is 31.2. The van der Waals surface area contributed by atoms with Crippen molar-refractivity contribution < 1.29 is 9.53 Å². The molecule has 0 aromatic carbocycles. The summed E-state index contributed by atoms with van der Waals surface area (Å²) in [6.07, 6.45) is 6.39. The second kappa shape index (κ2) is 6.53. The SMILES string of the molecule is CC1CN(CC(=O)NC2CCCCC2)C(C)CO1. The first-order valence-corrected chi connectivity index (χ1v) is 7.30. The predicted molar refractivity (Wildman–Crippen MR) is 71.5 cm³/mol. The highest BCUT2D eigenvalue weighted by molar-refractivity contribution is 5.78. The Morgan fingerprint density at radius 2 is 2.00 bits per heavy atom. The van der Waals surface area contributed by atoms with Crippen LogP contribution in [0.5, 0.6) is 0 Å². The summed E-state index contributed by atoms with van der Waals surface area (Å²) < 4.78 is 5.58. The number of nitrogens with zero attached hydrogens (tertiary/aromatic N) is 1. The van der Waals surface area contributed by atoms with Gasteiger partial charge in [0.25, 0.3) is 0 Å². The number of hydrogen-bond donors (Lipinski definition) is 1. The topological polar surface area (TPSA) is 41.6 Å². The van der Waals surface area contributed by atoms with Crippen molar-refractivity contribution in [3.63, 3.8) is 0 Å². The second-order valence-electron chi connectivity index (χ2n) is 5.82. The van der Waals surface area contributed by atoms with Crippen LogP contribution in [0.25, 0.3) is 0 Å². The van der Waals surface area contributed by atoms with Gasteiger partial charge in [0.1, 0.15) is 0 Å². The van der Waals surface area contributed by atoms with Gasteiger partial charge in [-0.25, -0.2) is 0 Å². The Kier molecular flexibility index (Phi) is 5.01.